The number of carbonyl (C=O) groups excluding carboxylic acids is 1. The lowest BCUT2D eigenvalue weighted by molar-refractivity contribution is -0.147. The number of piperazine rings is 1. The van der Waals surface area contributed by atoms with Crippen LogP contribution in [-0.2, 0) is 9.53 Å². The molecule has 1 heterocycles. The molecule has 20 heavy (non-hydrogen) atoms. The van der Waals surface area contributed by atoms with Crippen LogP contribution in [-0.4, -0.2) is 62.1 Å². The van der Waals surface area contributed by atoms with Crippen molar-refractivity contribution in [3.63, 3.8) is 0 Å². The first-order valence-corrected chi connectivity index (χ1v) is 6.94. The quantitative estimate of drug-likeness (QED) is 0.811. The van der Waals surface area contributed by atoms with E-state index >= 15 is 0 Å². The van der Waals surface area contributed by atoms with Gasteiger partial charge in [-0.15, -0.1) is 0 Å². The first kappa shape index (κ1) is 15.0. The van der Waals surface area contributed by atoms with Crippen molar-refractivity contribution in [1.82, 2.24) is 9.80 Å². The fourth-order valence-corrected chi connectivity index (χ4v) is 2.35. The molecule has 1 aromatic carbocycles. The number of carbonyl (C=O) groups is 1. The van der Waals surface area contributed by atoms with E-state index in [1.54, 1.807) is 0 Å². The van der Waals surface area contributed by atoms with Gasteiger partial charge in [0.2, 0.25) is 0 Å². The number of benzene rings is 1. The summed E-state index contributed by atoms with van der Waals surface area (Å²) in [5.41, 5.74) is 6.70. The number of rotatable bonds is 4. The molecule has 0 amide bonds. The standard InChI is InChI=1S/C15H23N3O2/c1-17-8-9-18(2)13(10-17)11-20-15(19)14(16)12-6-4-3-5-7-12/h3-7,13-14H,8-11,16H2,1-2H3. The van der Waals surface area contributed by atoms with Crippen molar-refractivity contribution in [2.24, 2.45) is 5.73 Å². The number of nitrogens with two attached hydrogens (primary N) is 1. The molecule has 0 aliphatic carbocycles. The van der Waals surface area contributed by atoms with Gasteiger partial charge < -0.3 is 15.4 Å². The first-order valence-electron chi connectivity index (χ1n) is 6.94. The molecule has 1 fully saturated rings. The van der Waals surface area contributed by atoms with Gasteiger partial charge in [-0.05, 0) is 19.7 Å². The minimum absolute atomic E-state index is 0.237. The molecule has 1 saturated heterocycles. The molecule has 0 saturated carbocycles. The van der Waals surface area contributed by atoms with Gasteiger partial charge in [0.05, 0.1) is 6.04 Å². The minimum Gasteiger partial charge on any atom is -0.463 e. The number of hydrogen-bond acceptors (Lipinski definition) is 5. The third kappa shape index (κ3) is 3.79. The van der Waals surface area contributed by atoms with Gasteiger partial charge in [-0.3, -0.25) is 4.90 Å². The van der Waals surface area contributed by atoms with Crippen LogP contribution >= 0.6 is 0 Å². The Balaban J connectivity index is 1.85. The van der Waals surface area contributed by atoms with Crippen LogP contribution in [0.1, 0.15) is 11.6 Å². The topological polar surface area (TPSA) is 58.8 Å². The second-order valence-corrected chi connectivity index (χ2v) is 5.42. The molecule has 2 rings (SSSR count). The van der Waals surface area contributed by atoms with Crippen molar-refractivity contribution in [3.8, 4) is 0 Å². The molecule has 2 atom stereocenters. The van der Waals surface area contributed by atoms with Crippen LogP contribution < -0.4 is 5.73 Å². The summed E-state index contributed by atoms with van der Waals surface area (Å²) >= 11 is 0. The van der Waals surface area contributed by atoms with Crippen LogP contribution in [0.2, 0.25) is 0 Å². The lowest BCUT2D eigenvalue weighted by Gasteiger charge is -2.37. The summed E-state index contributed by atoms with van der Waals surface area (Å²) in [4.78, 5) is 16.5. The Hall–Kier alpha value is -1.43. The second-order valence-electron chi connectivity index (χ2n) is 5.42. The molecule has 5 nitrogen and oxygen atoms in total. The third-order valence-corrected chi connectivity index (χ3v) is 3.81. The highest BCUT2D eigenvalue weighted by Crippen LogP contribution is 2.12. The lowest BCUT2D eigenvalue weighted by Crippen LogP contribution is -2.52. The van der Waals surface area contributed by atoms with E-state index in [4.69, 9.17) is 10.5 Å². The van der Waals surface area contributed by atoms with Gasteiger partial charge in [-0.2, -0.15) is 0 Å². The predicted octanol–water partition coefficient (Wildman–Crippen LogP) is 0.475. The van der Waals surface area contributed by atoms with E-state index in [0.717, 1.165) is 25.2 Å². The Morgan fingerprint density at radius 3 is 2.75 bits per heavy atom. The highest BCUT2D eigenvalue weighted by atomic mass is 16.5. The number of nitrogens with zero attached hydrogens (tertiary/aromatic N) is 2. The molecular weight excluding hydrogens is 254 g/mol. The van der Waals surface area contributed by atoms with Crippen molar-refractivity contribution >= 4 is 5.97 Å². The molecule has 110 valence electrons. The molecule has 1 aliphatic heterocycles. The van der Waals surface area contributed by atoms with E-state index in [9.17, 15) is 4.79 Å². The molecule has 1 aromatic rings. The summed E-state index contributed by atoms with van der Waals surface area (Å²) in [6.45, 7) is 3.33. The monoisotopic (exact) mass is 277 g/mol. The summed E-state index contributed by atoms with van der Waals surface area (Å²) in [7, 11) is 4.14. The largest absolute Gasteiger partial charge is 0.463 e. The SMILES string of the molecule is CN1CCN(C)C(COC(=O)C(N)c2ccccc2)C1. The molecule has 2 unspecified atom stereocenters. The van der Waals surface area contributed by atoms with Gasteiger partial charge in [0.1, 0.15) is 12.6 Å². The molecule has 0 spiro atoms. The highest BCUT2D eigenvalue weighted by Gasteiger charge is 2.25. The molecule has 0 bridgehead atoms. The summed E-state index contributed by atoms with van der Waals surface area (Å²) in [5.74, 6) is -0.363. The zero-order chi connectivity index (χ0) is 14.5. The van der Waals surface area contributed by atoms with Crippen LogP contribution in [0.25, 0.3) is 0 Å². The minimum atomic E-state index is -0.706. The smallest absolute Gasteiger partial charge is 0.327 e. The Bertz CT molecular complexity index is 438. The third-order valence-electron chi connectivity index (χ3n) is 3.81. The van der Waals surface area contributed by atoms with Crippen LogP contribution in [0, 0.1) is 0 Å². The maximum absolute atomic E-state index is 12.0. The van der Waals surface area contributed by atoms with Crippen molar-refractivity contribution < 1.29 is 9.53 Å². The van der Waals surface area contributed by atoms with Crippen LogP contribution in [0.3, 0.4) is 0 Å². The fourth-order valence-electron chi connectivity index (χ4n) is 2.35. The van der Waals surface area contributed by atoms with Crippen LogP contribution in [0.15, 0.2) is 30.3 Å². The maximum atomic E-state index is 12.0. The first-order chi connectivity index (χ1) is 9.58. The highest BCUT2D eigenvalue weighted by molar-refractivity contribution is 5.77. The van der Waals surface area contributed by atoms with E-state index in [1.165, 1.54) is 0 Å². The van der Waals surface area contributed by atoms with Crippen LogP contribution in [0.5, 0.6) is 0 Å². The van der Waals surface area contributed by atoms with Crippen molar-refractivity contribution in [2.75, 3.05) is 40.3 Å². The normalized spacial score (nSPS) is 22.4. The van der Waals surface area contributed by atoms with Gasteiger partial charge in [0.25, 0.3) is 0 Å². The Kier molecular flexibility index (Phi) is 5.11. The number of ether oxygens (including phenoxy) is 1. The molecule has 5 heteroatoms. The number of esters is 1. The summed E-state index contributed by atoms with van der Waals surface area (Å²) in [6.07, 6.45) is 0. The Labute approximate surface area is 120 Å². The fraction of sp³-hybridized carbons (Fsp3) is 0.533. The number of hydrogen-bond donors (Lipinski definition) is 1. The van der Waals surface area contributed by atoms with E-state index in [0.29, 0.717) is 6.61 Å². The van der Waals surface area contributed by atoms with Crippen LogP contribution in [0.4, 0.5) is 0 Å². The summed E-state index contributed by atoms with van der Waals surface area (Å²) < 4.78 is 5.38. The predicted molar refractivity (Wildman–Crippen MR) is 78.2 cm³/mol. The van der Waals surface area contributed by atoms with Gasteiger partial charge in [-0.1, -0.05) is 30.3 Å². The van der Waals surface area contributed by atoms with Crippen molar-refractivity contribution in [3.05, 3.63) is 35.9 Å². The van der Waals surface area contributed by atoms with E-state index in [-0.39, 0.29) is 12.0 Å². The second kappa shape index (κ2) is 6.83. The summed E-state index contributed by atoms with van der Waals surface area (Å²) in [6, 6.07) is 8.84. The zero-order valence-corrected chi connectivity index (χ0v) is 12.2. The molecule has 0 radical (unpaired) electrons. The van der Waals surface area contributed by atoms with Crippen molar-refractivity contribution in [2.45, 2.75) is 12.1 Å². The maximum Gasteiger partial charge on any atom is 0.327 e. The average molecular weight is 277 g/mol. The average Bonchev–Trinajstić information content (AvgIpc) is 2.48. The van der Waals surface area contributed by atoms with Crippen molar-refractivity contribution in [1.29, 1.82) is 0 Å². The van der Waals surface area contributed by atoms with E-state index < -0.39 is 6.04 Å². The van der Waals surface area contributed by atoms with Gasteiger partial charge in [-0.25, -0.2) is 4.79 Å². The summed E-state index contributed by atoms with van der Waals surface area (Å²) in [5, 5.41) is 0. The Morgan fingerprint density at radius 2 is 2.05 bits per heavy atom. The molecule has 1 aliphatic rings. The molecule has 0 aromatic heterocycles. The van der Waals surface area contributed by atoms with E-state index in [1.807, 2.05) is 30.3 Å². The molecule has 2 N–H and O–H groups in total. The molecular formula is C15H23N3O2. The zero-order valence-electron chi connectivity index (χ0n) is 12.2. The number of likely N-dealkylation sites (N-methyl/N-ethyl adjacent to an activating group) is 2. The van der Waals surface area contributed by atoms with Gasteiger partial charge in [0, 0.05) is 19.6 Å². The Morgan fingerprint density at radius 1 is 1.35 bits per heavy atom. The van der Waals surface area contributed by atoms with Gasteiger partial charge >= 0.3 is 5.97 Å². The van der Waals surface area contributed by atoms with E-state index in [2.05, 4.69) is 23.9 Å². The lowest BCUT2D eigenvalue weighted by atomic mass is 10.1. The van der Waals surface area contributed by atoms with Gasteiger partial charge in [0.15, 0.2) is 0 Å².